The van der Waals surface area contributed by atoms with Gasteiger partial charge in [-0.25, -0.2) is 0 Å². The Kier molecular flexibility index (Phi) is 6.52. The maximum atomic E-state index is 10.3. The molecule has 0 saturated heterocycles. The van der Waals surface area contributed by atoms with Crippen LogP contribution in [0.15, 0.2) is 54.6 Å². The average Bonchev–Trinajstić information content (AvgIpc) is 2.47. The third-order valence-electron chi connectivity index (χ3n) is 3.20. The lowest BCUT2D eigenvalue weighted by Gasteiger charge is -2.21. The van der Waals surface area contributed by atoms with Crippen LogP contribution in [0.2, 0.25) is 0 Å². The van der Waals surface area contributed by atoms with Crippen LogP contribution in [-0.2, 0) is 6.42 Å². The van der Waals surface area contributed by atoms with E-state index in [1.807, 2.05) is 54.6 Å². The van der Waals surface area contributed by atoms with Gasteiger partial charge in [-0.1, -0.05) is 48.5 Å². The van der Waals surface area contributed by atoms with Crippen molar-refractivity contribution in [2.45, 2.75) is 18.6 Å². The Morgan fingerprint density at radius 2 is 1.65 bits per heavy atom. The molecule has 0 aliphatic heterocycles. The highest BCUT2D eigenvalue weighted by molar-refractivity contribution is 5.85. The van der Waals surface area contributed by atoms with Crippen molar-refractivity contribution in [3.05, 3.63) is 65.7 Å². The lowest BCUT2D eigenvalue weighted by molar-refractivity contribution is 0.143. The Labute approximate surface area is 125 Å². The number of aliphatic hydroxyl groups excluding tert-OH is 1. The van der Waals surface area contributed by atoms with Gasteiger partial charge < -0.3 is 15.6 Å². The highest BCUT2D eigenvalue weighted by atomic mass is 35.5. The second-order valence-electron chi connectivity index (χ2n) is 4.52. The summed E-state index contributed by atoms with van der Waals surface area (Å²) in [5, 5.41) is 10.3. The van der Waals surface area contributed by atoms with Crippen LogP contribution >= 0.6 is 12.4 Å². The third kappa shape index (κ3) is 3.97. The molecule has 0 amide bonds. The van der Waals surface area contributed by atoms with Crippen molar-refractivity contribution in [1.82, 2.24) is 0 Å². The topological polar surface area (TPSA) is 55.5 Å². The molecule has 2 aromatic rings. The quantitative estimate of drug-likeness (QED) is 0.891. The fourth-order valence-corrected chi connectivity index (χ4v) is 2.13. The molecule has 3 nitrogen and oxygen atoms in total. The molecule has 0 bridgehead atoms. The van der Waals surface area contributed by atoms with Crippen LogP contribution in [-0.4, -0.2) is 18.3 Å². The molecule has 2 rings (SSSR count). The number of nitrogens with two attached hydrogens (primary N) is 1. The number of ether oxygens (including phenoxy) is 1. The molecule has 0 aliphatic carbocycles. The molecule has 0 aliphatic rings. The summed E-state index contributed by atoms with van der Waals surface area (Å²) in [5.74, 6) is 0.710. The average molecular weight is 294 g/mol. The van der Waals surface area contributed by atoms with E-state index in [4.69, 9.17) is 10.5 Å². The zero-order chi connectivity index (χ0) is 13.7. The SMILES string of the molecule is COc1ccccc1[C@@H](N)[C@@H](O)Cc1ccccc1.Cl. The first-order valence-electron chi connectivity index (χ1n) is 6.33. The van der Waals surface area contributed by atoms with Crippen molar-refractivity contribution in [2.75, 3.05) is 7.11 Å². The highest BCUT2D eigenvalue weighted by Crippen LogP contribution is 2.26. The largest absolute Gasteiger partial charge is 0.496 e. The highest BCUT2D eigenvalue weighted by Gasteiger charge is 2.20. The third-order valence-corrected chi connectivity index (χ3v) is 3.20. The Morgan fingerprint density at radius 3 is 2.30 bits per heavy atom. The van der Waals surface area contributed by atoms with Crippen molar-refractivity contribution in [2.24, 2.45) is 5.73 Å². The standard InChI is InChI=1S/C16H19NO2.ClH/c1-19-15-10-6-5-9-13(15)16(17)14(18)11-12-7-3-2-4-8-12;/h2-10,14,16,18H,11,17H2,1H3;1H/t14-,16+;/m0./s1. The predicted octanol–water partition coefficient (Wildman–Crippen LogP) is 2.72. The zero-order valence-corrected chi connectivity index (χ0v) is 12.2. The molecule has 0 fully saturated rings. The Balaban J connectivity index is 0.00000200. The first-order chi connectivity index (χ1) is 9.22. The Bertz CT molecular complexity index is 519. The van der Waals surface area contributed by atoms with E-state index in [0.717, 1.165) is 11.1 Å². The predicted molar refractivity (Wildman–Crippen MR) is 83.3 cm³/mol. The first-order valence-corrected chi connectivity index (χ1v) is 6.33. The molecule has 0 unspecified atom stereocenters. The Hall–Kier alpha value is -1.55. The van der Waals surface area contributed by atoms with Crippen LogP contribution < -0.4 is 10.5 Å². The smallest absolute Gasteiger partial charge is 0.123 e. The number of hydrogen-bond acceptors (Lipinski definition) is 3. The van der Waals surface area contributed by atoms with E-state index in [0.29, 0.717) is 12.2 Å². The number of rotatable bonds is 5. The maximum absolute atomic E-state index is 10.3. The molecule has 0 saturated carbocycles. The Morgan fingerprint density at radius 1 is 1.05 bits per heavy atom. The fourth-order valence-electron chi connectivity index (χ4n) is 2.13. The van der Waals surface area contributed by atoms with E-state index in [1.54, 1.807) is 7.11 Å². The van der Waals surface area contributed by atoms with Crippen molar-refractivity contribution in [3.63, 3.8) is 0 Å². The molecule has 0 aromatic heterocycles. The number of aliphatic hydroxyl groups is 1. The van der Waals surface area contributed by atoms with Gasteiger partial charge in [0, 0.05) is 12.0 Å². The molecule has 0 radical (unpaired) electrons. The molecule has 3 N–H and O–H groups in total. The number of halogens is 1. The first kappa shape index (κ1) is 16.5. The van der Waals surface area contributed by atoms with E-state index in [-0.39, 0.29) is 12.4 Å². The molecule has 0 spiro atoms. The summed E-state index contributed by atoms with van der Waals surface area (Å²) < 4.78 is 5.28. The van der Waals surface area contributed by atoms with Gasteiger partial charge in [0.1, 0.15) is 5.75 Å². The lowest BCUT2D eigenvalue weighted by atomic mass is 9.96. The zero-order valence-electron chi connectivity index (χ0n) is 11.4. The maximum Gasteiger partial charge on any atom is 0.123 e. The summed E-state index contributed by atoms with van der Waals surface area (Å²) in [5.41, 5.74) is 8.03. The van der Waals surface area contributed by atoms with Gasteiger partial charge in [-0.3, -0.25) is 0 Å². The van der Waals surface area contributed by atoms with Crippen molar-refractivity contribution < 1.29 is 9.84 Å². The molecule has 0 heterocycles. The van der Waals surface area contributed by atoms with E-state index >= 15 is 0 Å². The summed E-state index contributed by atoms with van der Waals surface area (Å²) in [4.78, 5) is 0. The second kappa shape index (κ2) is 7.90. The molecule has 108 valence electrons. The van der Waals surface area contributed by atoms with Crippen molar-refractivity contribution >= 4 is 12.4 Å². The van der Waals surface area contributed by atoms with Crippen LogP contribution in [0.3, 0.4) is 0 Å². The van der Waals surface area contributed by atoms with Crippen molar-refractivity contribution in [1.29, 1.82) is 0 Å². The van der Waals surface area contributed by atoms with Crippen LogP contribution in [0.1, 0.15) is 17.2 Å². The van der Waals surface area contributed by atoms with Crippen molar-refractivity contribution in [3.8, 4) is 5.75 Å². The molecule has 2 atom stereocenters. The van der Waals surface area contributed by atoms with E-state index in [9.17, 15) is 5.11 Å². The molecule has 20 heavy (non-hydrogen) atoms. The van der Waals surface area contributed by atoms with Gasteiger partial charge in [-0.15, -0.1) is 12.4 Å². The van der Waals surface area contributed by atoms with Crippen LogP contribution in [0, 0.1) is 0 Å². The van der Waals surface area contributed by atoms with Crippen LogP contribution in [0.5, 0.6) is 5.75 Å². The summed E-state index contributed by atoms with van der Waals surface area (Å²) in [7, 11) is 1.61. The fraction of sp³-hybridized carbons (Fsp3) is 0.250. The second-order valence-corrected chi connectivity index (χ2v) is 4.52. The van der Waals surface area contributed by atoms with Gasteiger partial charge in [-0.2, -0.15) is 0 Å². The monoisotopic (exact) mass is 293 g/mol. The summed E-state index contributed by atoms with van der Waals surface area (Å²) >= 11 is 0. The number of para-hydroxylation sites is 1. The van der Waals surface area contributed by atoms with Gasteiger partial charge >= 0.3 is 0 Å². The molecule has 2 aromatic carbocycles. The molecular weight excluding hydrogens is 274 g/mol. The van der Waals surface area contributed by atoms with Crippen LogP contribution in [0.25, 0.3) is 0 Å². The van der Waals surface area contributed by atoms with E-state index in [1.165, 1.54) is 0 Å². The number of benzene rings is 2. The summed E-state index contributed by atoms with van der Waals surface area (Å²) in [6.07, 6.45) is -0.112. The minimum Gasteiger partial charge on any atom is -0.496 e. The van der Waals surface area contributed by atoms with Gasteiger partial charge in [-0.05, 0) is 11.6 Å². The summed E-state index contributed by atoms with van der Waals surface area (Å²) in [6, 6.07) is 16.9. The van der Waals surface area contributed by atoms with E-state index < -0.39 is 12.1 Å². The number of methoxy groups -OCH3 is 1. The van der Waals surface area contributed by atoms with Gasteiger partial charge in [0.25, 0.3) is 0 Å². The minimum atomic E-state index is -0.640. The lowest BCUT2D eigenvalue weighted by Crippen LogP contribution is -2.28. The van der Waals surface area contributed by atoms with Gasteiger partial charge in [0.05, 0.1) is 19.3 Å². The molecular formula is C16H20ClNO2. The van der Waals surface area contributed by atoms with Gasteiger partial charge in [0.2, 0.25) is 0 Å². The molecule has 4 heteroatoms. The normalized spacial score (nSPS) is 13.2. The van der Waals surface area contributed by atoms with E-state index in [2.05, 4.69) is 0 Å². The van der Waals surface area contributed by atoms with Gasteiger partial charge in [0.15, 0.2) is 0 Å². The minimum absolute atomic E-state index is 0. The summed E-state index contributed by atoms with van der Waals surface area (Å²) in [6.45, 7) is 0. The van der Waals surface area contributed by atoms with Crippen LogP contribution in [0.4, 0.5) is 0 Å². The number of hydrogen-bond donors (Lipinski definition) is 2.